The van der Waals surface area contributed by atoms with Crippen molar-refractivity contribution in [3.63, 3.8) is 0 Å². The molecule has 2 rings (SSSR count). The Hall–Kier alpha value is -1.40. The van der Waals surface area contributed by atoms with E-state index in [-0.39, 0.29) is 18.6 Å². The number of esters is 1. The van der Waals surface area contributed by atoms with Crippen LogP contribution in [-0.4, -0.2) is 51.6 Å². The SMILES string of the molecule is CCOC(=O)c1cnn(C)c1CN1CCCC1CO. The standard InChI is InChI=1S/C13H21N3O3/c1-3-19-13(18)11-7-14-15(2)12(11)8-16-6-4-5-10(16)9-17/h7,10,17H,3-6,8-9H2,1-2H3. The molecule has 2 heterocycles. The fourth-order valence-electron chi connectivity index (χ4n) is 2.53. The second kappa shape index (κ2) is 6.16. The Morgan fingerprint density at radius 3 is 3.11 bits per heavy atom. The van der Waals surface area contributed by atoms with Crippen molar-refractivity contribution in [1.29, 1.82) is 0 Å². The van der Waals surface area contributed by atoms with Crippen LogP contribution in [0.15, 0.2) is 6.20 Å². The van der Waals surface area contributed by atoms with Gasteiger partial charge in [0.15, 0.2) is 0 Å². The number of nitrogens with zero attached hydrogens (tertiary/aromatic N) is 3. The van der Waals surface area contributed by atoms with Crippen molar-refractivity contribution in [1.82, 2.24) is 14.7 Å². The third kappa shape index (κ3) is 2.96. The molecule has 1 saturated heterocycles. The molecule has 0 radical (unpaired) electrons. The molecule has 0 amide bonds. The summed E-state index contributed by atoms with van der Waals surface area (Å²) in [6.07, 6.45) is 3.64. The van der Waals surface area contributed by atoms with E-state index in [2.05, 4.69) is 10.00 Å². The van der Waals surface area contributed by atoms with Gasteiger partial charge in [0, 0.05) is 19.6 Å². The summed E-state index contributed by atoms with van der Waals surface area (Å²) in [6, 6.07) is 0.185. The average molecular weight is 267 g/mol. The van der Waals surface area contributed by atoms with Gasteiger partial charge >= 0.3 is 5.97 Å². The lowest BCUT2D eigenvalue weighted by Gasteiger charge is -2.23. The Morgan fingerprint density at radius 2 is 2.42 bits per heavy atom. The van der Waals surface area contributed by atoms with Crippen molar-refractivity contribution >= 4 is 5.97 Å². The van der Waals surface area contributed by atoms with Crippen molar-refractivity contribution in [2.24, 2.45) is 7.05 Å². The summed E-state index contributed by atoms with van der Waals surface area (Å²) in [7, 11) is 1.82. The zero-order valence-electron chi connectivity index (χ0n) is 11.5. The molecule has 0 bridgehead atoms. The second-order valence-electron chi connectivity index (χ2n) is 4.80. The van der Waals surface area contributed by atoms with Gasteiger partial charge in [0.25, 0.3) is 0 Å². The van der Waals surface area contributed by atoms with Crippen LogP contribution in [0.5, 0.6) is 0 Å². The minimum absolute atomic E-state index is 0.159. The molecule has 1 aromatic rings. The third-order valence-corrected chi connectivity index (χ3v) is 3.62. The van der Waals surface area contributed by atoms with Crippen LogP contribution in [0.25, 0.3) is 0 Å². The topological polar surface area (TPSA) is 67.6 Å². The first-order chi connectivity index (χ1) is 9.17. The van der Waals surface area contributed by atoms with Gasteiger partial charge < -0.3 is 9.84 Å². The minimum Gasteiger partial charge on any atom is -0.462 e. The molecule has 0 aliphatic carbocycles. The van der Waals surface area contributed by atoms with Crippen LogP contribution in [0.2, 0.25) is 0 Å². The summed E-state index contributed by atoms with van der Waals surface area (Å²) in [4.78, 5) is 14.1. The van der Waals surface area contributed by atoms with Crippen molar-refractivity contribution in [3.8, 4) is 0 Å². The predicted octanol–water partition coefficient (Wildman–Crippen LogP) is 0.554. The molecule has 1 aliphatic heterocycles. The molecule has 6 heteroatoms. The van der Waals surface area contributed by atoms with Crippen LogP contribution < -0.4 is 0 Å². The summed E-state index contributed by atoms with van der Waals surface area (Å²) in [5.41, 5.74) is 1.37. The van der Waals surface area contributed by atoms with Crippen LogP contribution in [0, 0.1) is 0 Å². The van der Waals surface area contributed by atoms with Crippen molar-refractivity contribution < 1.29 is 14.6 Å². The van der Waals surface area contributed by atoms with E-state index < -0.39 is 0 Å². The largest absolute Gasteiger partial charge is 0.462 e. The van der Waals surface area contributed by atoms with E-state index in [1.165, 1.54) is 0 Å². The maximum absolute atomic E-state index is 11.9. The number of rotatable bonds is 5. The maximum Gasteiger partial charge on any atom is 0.341 e. The molecule has 1 fully saturated rings. The fourth-order valence-corrected chi connectivity index (χ4v) is 2.53. The maximum atomic E-state index is 11.9. The Kier molecular flexibility index (Phi) is 4.55. The van der Waals surface area contributed by atoms with E-state index in [1.54, 1.807) is 17.8 Å². The smallest absolute Gasteiger partial charge is 0.341 e. The van der Waals surface area contributed by atoms with Gasteiger partial charge in [-0.15, -0.1) is 0 Å². The third-order valence-electron chi connectivity index (χ3n) is 3.62. The van der Waals surface area contributed by atoms with Gasteiger partial charge in [0.1, 0.15) is 5.56 Å². The van der Waals surface area contributed by atoms with Crippen LogP contribution in [0.1, 0.15) is 35.8 Å². The highest BCUT2D eigenvalue weighted by molar-refractivity contribution is 5.90. The van der Waals surface area contributed by atoms with E-state index in [0.29, 0.717) is 18.7 Å². The second-order valence-corrected chi connectivity index (χ2v) is 4.80. The number of aliphatic hydroxyl groups excluding tert-OH is 1. The van der Waals surface area contributed by atoms with Crippen molar-refractivity contribution in [2.75, 3.05) is 19.8 Å². The van der Waals surface area contributed by atoms with Gasteiger partial charge in [0.2, 0.25) is 0 Å². The Labute approximate surface area is 113 Å². The number of hydrogen-bond donors (Lipinski definition) is 1. The highest BCUT2D eigenvalue weighted by Crippen LogP contribution is 2.21. The highest BCUT2D eigenvalue weighted by Gasteiger charge is 2.27. The summed E-state index contributed by atoms with van der Waals surface area (Å²) >= 11 is 0. The number of aryl methyl sites for hydroxylation is 1. The number of aromatic nitrogens is 2. The number of carbonyl (C=O) groups is 1. The molecule has 19 heavy (non-hydrogen) atoms. The summed E-state index contributed by atoms with van der Waals surface area (Å²) in [6.45, 7) is 3.87. The Bertz CT molecular complexity index is 444. The van der Waals surface area contributed by atoms with Crippen LogP contribution >= 0.6 is 0 Å². The minimum atomic E-state index is -0.328. The monoisotopic (exact) mass is 267 g/mol. The lowest BCUT2D eigenvalue weighted by Crippen LogP contribution is -2.33. The number of carbonyl (C=O) groups excluding carboxylic acids is 1. The fraction of sp³-hybridized carbons (Fsp3) is 0.692. The molecule has 1 N–H and O–H groups in total. The van der Waals surface area contributed by atoms with Crippen LogP contribution in [0.3, 0.4) is 0 Å². The highest BCUT2D eigenvalue weighted by atomic mass is 16.5. The van der Waals surface area contributed by atoms with E-state index >= 15 is 0 Å². The normalized spacial score (nSPS) is 19.8. The van der Waals surface area contributed by atoms with Crippen molar-refractivity contribution in [3.05, 3.63) is 17.5 Å². The van der Waals surface area contributed by atoms with Gasteiger partial charge in [0.05, 0.1) is 25.1 Å². The van der Waals surface area contributed by atoms with E-state index in [1.807, 2.05) is 7.05 Å². The summed E-state index contributed by atoms with van der Waals surface area (Å²) < 4.78 is 6.75. The quantitative estimate of drug-likeness (QED) is 0.789. The number of ether oxygens (including phenoxy) is 1. The zero-order valence-corrected chi connectivity index (χ0v) is 11.5. The summed E-state index contributed by atoms with van der Waals surface area (Å²) in [5, 5.41) is 13.5. The van der Waals surface area contributed by atoms with Gasteiger partial charge in [-0.1, -0.05) is 0 Å². The molecular formula is C13H21N3O3. The summed E-state index contributed by atoms with van der Waals surface area (Å²) in [5.74, 6) is -0.328. The molecule has 106 valence electrons. The first-order valence-electron chi connectivity index (χ1n) is 6.70. The van der Waals surface area contributed by atoms with Gasteiger partial charge in [-0.05, 0) is 26.3 Å². The molecule has 1 aliphatic rings. The Morgan fingerprint density at radius 1 is 1.63 bits per heavy atom. The van der Waals surface area contributed by atoms with Crippen molar-refractivity contribution in [2.45, 2.75) is 32.4 Å². The number of aliphatic hydroxyl groups is 1. The lowest BCUT2D eigenvalue weighted by molar-refractivity contribution is 0.0523. The molecular weight excluding hydrogens is 246 g/mol. The molecule has 0 saturated carbocycles. The zero-order chi connectivity index (χ0) is 13.8. The van der Waals surface area contributed by atoms with Crippen LogP contribution in [-0.2, 0) is 18.3 Å². The first kappa shape index (κ1) is 14.0. The first-order valence-corrected chi connectivity index (χ1v) is 6.70. The van der Waals surface area contributed by atoms with Crippen LogP contribution in [0.4, 0.5) is 0 Å². The number of likely N-dealkylation sites (tertiary alicyclic amines) is 1. The van der Waals surface area contributed by atoms with E-state index in [4.69, 9.17) is 4.74 Å². The predicted molar refractivity (Wildman–Crippen MR) is 69.7 cm³/mol. The molecule has 0 aromatic carbocycles. The molecule has 1 aromatic heterocycles. The molecule has 1 unspecified atom stereocenters. The van der Waals surface area contributed by atoms with Gasteiger partial charge in [-0.2, -0.15) is 5.10 Å². The molecule has 1 atom stereocenters. The van der Waals surface area contributed by atoms with Gasteiger partial charge in [-0.25, -0.2) is 4.79 Å². The van der Waals surface area contributed by atoms with E-state index in [0.717, 1.165) is 25.1 Å². The molecule has 6 nitrogen and oxygen atoms in total. The van der Waals surface area contributed by atoms with E-state index in [9.17, 15) is 9.90 Å². The lowest BCUT2D eigenvalue weighted by atomic mass is 10.2. The molecule has 0 spiro atoms. The number of hydrogen-bond acceptors (Lipinski definition) is 5. The Balaban J connectivity index is 2.15. The van der Waals surface area contributed by atoms with Gasteiger partial charge in [-0.3, -0.25) is 9.58 Å². The average Bonchev–Trinajstić information content (AvgIpc) is 2.98.